The summed E-state index contributed by atoms with van der Waals surface area (Å²) in [5.74, 6) is 0.131. The number of carbonyl (C=O) groups excluding carboxylic acids is 1. The van der Waals surface area contributed by atoms with E-state index in [4.69, 9.17) is 0 Å². The molecule has 0 radical (unpaired) electrons. The molecule has 0 saturated carbocycles. The van der Waals surface area contributed by atoms with E-state index in [-0.39, 0.29) is 17.7 Å². The third-order valence-electron chi connectivity index (χ3n) is 3.95. The van der Waals surface area contributed by atoms with Crippen molar-refractivity contribution in [3.8, 4) is 5.75 Å². The Labute approximate surface area is 120 Å². The molecule has 110 valence electrons. The maximum absolute atomic E-state index is 11.6. The average molecular weight is 276 g/mol. The van der Waals surface area contributed by atoms with Crippen LogP contribution in [-0.2, 0) is 11.2 Å². The number of rotatable bonds is 6. The van der Waals surface area contributed by atoms with Crippen LogP contribution in [0.15, 0.2) is 12.1 Å². The minimum absolute atomic E-state index is 0.0347. The lowest BCUT2D eigenvalue weighted by Gasteiger charge is -2.30. The van der Waals surface area contributed by atoms with Gasteiger partial charge in [-0.3, -0.25) is 9.69 Å². The number of carbonyl (C=O) groups is 1. The van der Waals surface area contributed by atoms with Crippen molar-refractivity contribution in [1.82, 2.24) is 4.90 Å². The van der Waals surface area contributed by atoms with Crippen LogP contribution in [0.5, 0.6) is 5.75 Å². The SMILES string of the molecule is CCCN(CCC)C(C)c1ccc(O)c2c1CC(=O)N2. The fourth-order valence-corrected chi connectivity index (χ4v) is 2.99. The van der Waals surface area contributed by atoms with E-state index in [1.165, 1.54) is 0 Å². The van der Waals surface area contributed by atoms with Gasteiger partial charge < -0.3 is 10.4 Å². The molecule has 1 aromatic rings. The predicted octanol–water partition coefficient (Wildman–Crippen LogP) is 3.07. The van der Waals surface area contributed by atoms with E-state index in [0.29, 0.717) is 12.1 Å². The van der Waals surface area contributed by atoms with Gasteiger partial charge in [0.15, 0.2) is 0 Å². The van der Waals surface area contributed by atoms with Gasteiger partial charge >= 0.3 is 0 Å². The Balaban J connectivity index is 2.33. The lowest BCUT2D eigenvalue weighted by atomic mass is 9.97. The first-order valence-electron chi connectivity index (χ1n) is 7.47. The van der Waals surface area contributed by atoms with E-state index >= 15 is 0 Å². The second-order valence-electron chi connectivity index (χ2n) is 5.46. The Morgan fingerprint density at radius 1 is 1.30 bits per heavy atom. The summed E-state index contributed by atoms with van der Waals surface area (Å²) in [6.07, 6.45) is 2.60. The van der Waals surface area contributed by atoms with Crippen molar-refractivity contribution in [3.05, 3.63) is 23.3 Å². The second-order valence-corrected chi connectivity index (χ2v) is 5.46. The van der Waals surface area contributed by atoms with Gasteiger partial charge in [0.25, 0.3) is 0 Å². The second kappa shape index (κ2) is 6.27. The van der Waals surface area contributed by atoms with Gasteiger partial charge in [-0.05, 0) is 50.0 Å². The summed E-state index contributed by atoms with van der Waals surface area (Å²) in [6, 6.07) is 3.90. The number of amides is 1. The Hall–Kier alpha value is -1.55. The molecule has 0 saturated heterocycles. The molecule has 2 rings (SSSR count). The van der Waals surface area contributed by atoms with Crippen molar-refractivity contribution in [2.75, 3.05) is 18.4 Å². The summed E-state index contributed by atoms with van der Waals surface area (Å²) in [5, 5.41) is 12.6. The average Bonchev–Trinajstić information content (AvgIpc) is 2.81. The highest BCUT2D eigenvalue weighted by atomic mass is 16.3. The molecule has 1 aliphatic rings. The molecule has 2 N–H and O–H groups in total. The molecule has 1 aromatic carbocycles. The Morgan fingerprint density at radius 2 is 1.95 bits per heavy atom. The molecular formula is C16H24N2O2. The molecule has 0 aliphatic carbocycles. The molecule has 4 nitrogen and oxygen atoms in total. The summed E-state index contributed by atoms with van der Waals surface area (Å²) in [7, 11) is 0. The van der Waals surface area contributed by atoms with Gasteiger partial charge in [-0.15, -0.1) is 0 Å². The molecule has 0 aromatic heterocycles. The monoisotopic (exact) mass is 276 g/mol. The highest BCUT2D eigenvalue weighted by molar-refractivity contribution is 6.01. The third-order valence-corrected chi connectivity index (χ3v) is 3.95. The molecule has 20 heavy (non-hydrogen) atoms. The minimum atomic E-state index is -0.0347. The number of fused-ring (bicyclic) bond motifs is 1. The van der Waals surface area contributed by atoms with Gasteiger partial charge in [-0.1, -0.05) is 19.9 Å². The number of nitrogens with one attached hydrogen (secondary N) is 1. The number of anilines is 1. The largest absolute Gasteiger partial charge is 0.506 e. The number of phenolic OH excluding ortho intramolecular Hbond substituents is 1. The van der Waals surface area contributed by atoms with Gasteiger partial charge in [0.1, 0.15) is 5.75 Å². The van der Waals surface area contributed by atoms with Crippen LogP contribution in [0.1, 0.15) is 50.8 Å². The zero-order valence-electron chi connectivity index (χ0n) is 12.6. The number of nitrogens with zero attached hydrogens (tertiary/aromatic N) is 1. The molecule has 4 heteroatoms. The van der Waals surface area contributed by atoms with Crippen molar-refractivity contribution >= 4 is 11.6 Å². The van der Waals surface area contributed by atoms with Gasteiger partial charge in [-0.25, -0.2) is 0 Å². The van der Waals surface area contributed by atoms with E-state index in [2.05, 4.69) is 31.0 Å². The maximum Gasteiger partial charge on any atom is 0.228 e. The standard InChI is InChI=1S/C16H24N2O2/c1-4-8-18(9-5-2)11(3)12-6-7-14(19)16-13(12)10-15(20)17-16/h6-7,11,19H,4-5,8-10H2,1-3H3,(H,17,20). The number of phenols is 1. The van der Waals surface area contributed by atoms with Gasteiger partial charge in [-0.2, -0.15) is 0 Å². The van der Waals surface area contributed by atoms with Crippen molar-refractivity contribution in [1.29, 1.82) is 0 Å². The lowest BCUT2D eigenvalue weighted by Crippen LogP contribution is -2.29. The summed E-state index contributed by atoms with van der Waals surface area (Å²) in [4.78, 5) is 14.1. The molecule has 1 atom stereocenters. The number of aromatic hydroxyl groups is 1. The lowest BCUT2D eigenvalue weighted by molar-refractivity contribution is -0.115. The fraction of sp³-hybridized carbons (Fsp3) is 0.562. The van der Waals surface area contributed by atoms with Gasteiger partial charge in [0, 0.05) is 6.04 Å². The van der Waals surface area contributed by atoms with Gasteiger partial charge in [0.05, 0.1) is 12.1 Å². The van der Waals surface area contributed by atoms with Crippen LogP contribution in [0.4, 0.5) is 5.69 Å². The highest BCUT2D eigenvalue weighted by Gasteiger charge is 2.27. The molecule has 0 fully saturated rings. The topological polar surface area (TPSA) is 52.6 Å². The maximum atomic E-state index is 11.6. The highest BCUT2D eigenvalue weighted by Crippen LogP contribution is 2.38. The summed E-state index contributed by atoms with van der Waals surface area (Å²) in [5.41, 5.74) is 2.71. The van der Waals surface area contributed by atoms with Crippen LogP contribution in [-0.4, -0.2) is 29.0 Å². The Morgan fingerprint density at radius 3 is 2.55 bits per heavy atom. The summed E-state index contributed by atoms with van der Waals surface area (Å²) >= 11 is 0. The molecule has 1 aliphatic heterocycles. The molecule has 0 spiro atoms. The zero-order valence-corrected chi connectivity index (χ0v) is 12.6. The molecule has 1 heterocycles. The van der Waals surface area contributed by atoms with E-state index in [1.54, 1.807) is 6.07 Å². The van der Waals surface area contributed by atoms with E-state index in [0.717, 1.165) is 37.1 Å². The van der Waals surface area contributed by atoms with Crippen molar-refractivity contribution in [2.45, 2.75) is 46.1 Å². The quantitative estimate of drug-likeness (QED) is 0.785. The van der Waals surface area contributed by atoms with E-state index < -0.39 is 0 Å². The van der Waals surface area contributed by atoms with E-state index in [9.17, 15) is 9.90 Å². The smallest absolute Gasteiger partial charge is 0.228 e. The predicted molar refractivity (Wildman–Crippen MR) is 81.0 cm³/mol. The normalized spacial score (nSPS) is 15.3. The van der Waals surface area contributed by atoms with Crippen LogP contribution < -0.4 is 5.32 Å². The molecule has 1 unspecified atom stereocenters. The number of hydrogen-bond acceptors (Lipinski definition) is 3. The number of hydrogen-bond donors (Lipinski definition) is 2. The number of benzene rings is 1. The summed E-state index contributed by atoms with van der Waals surface area (Å²) < 4.78 is 0. The molecular weight excluding hydrogens is 252 g/mol. The molecule has 0 bridgehead atoms. The first-order chi connectivity index (χ1) is 9.58. The summed E-state index contributed by atoms with van der Waals surface area (Å²) in [6.45, 7) is 8.64. The third kappa shape index (κ3) is 2.80. The Kier molecular flexibility index (Phi) is 4.65. The minimum Gasteiger partial charge on any atom is -0.506 e. The van der Waals surface area contributed by atoms with Crippen LogP contribution in [0.2, 0.25) is 0 Å². The van der Waals surface area contributed by atoms with Crippen LogP contribution in [0.25, 0.3) is 0 Å². The van der Waals surface area contributed by atoms with Crippen LogP contribution >= 0.6 is 0 Å². The first kappa shape index (κ1) is 14.9. The van der Waals surface area contributed by atoms with Crippen molar-refractivity contribution in [2.24, 2.45) is 0 Å². The van der Waals surface area contributed by atoms with Crippen LogP contribution in [0.3, 0.4) is 0 Å². The first-order valence-corrected chi connectivity index (χ1v) is 7.47. The van der Waals surface area contributed by atoms with Gasteiger partial charge in [0.2, 0.25) is 5.91 Å². The fourth-order valence-electron chi connectivity index (χ4n) is 2.99. The van der Waals surface area contributed by atoms with Crippen molar-refractivity contribution < 1.29 is 9.90 Å². The molecule has 1 amide bonds. The Bertz CT molecular complexity index is 493. The van der Waals surface area contributed by atoms with Crippen LogP contribution in [0, 0.1) is 0 Å². The zero-order chi connectivity index (χ0) is 14.7. The van der Waals surface area contributed by atoms with E-state index in [1.807, 2.05) is 6.07 Å². The van der Waals surface area contributed by atoms with Crippen molar-refractivity contribution in [3.63, 3.8) is 0 Å².